The summed E-state index contributed by atoms with van der Waals surface area (Å²) in [6, 6.07) is 6.96. The second-order valence-corrected chi connectivity index (χ2v) is 5.23. The molecule has 0 spiro atoms. The molecule has 0 aromatic heterocycles. The van der Waals surface area contributed by atoms with Crippen molar-refractivity contribution in [2.45, 2.75) is 0 Å². The van der Waals surface area contributed by atoms with Crippen LogP contribution in [0.4, 0.5) is 0 Å². The first-order valence-corrected chi connectivity index (χ1v) is 8.04. The van der Waals surface area contributed by atoms with Gasteiger partial charge < -0.3 is 15.2 Å². The van der Waals surface area contributed by atoms with E-state index in [2.05, 4.69) is 0 Å². The number of amidine groups is 1. The molecule has 0 aliphatic heterocycles. The molecule has 1 rings (SSSR count). The molecular weight excluding hydrogens is 302 g/mol. The minimum Gasteiger partial charge on any atom is -0.497 e. The molecule has 0 atom stereocenters. The highest BCUT2D eigenvalue weighted by atomic mass is 32.2. The SMILES string of the molecule is COc1ccc(OCC(=O)N(CCSC)C(=N)/C=C\N)cc1. The Kier molecular flexibility index (Phi) is 7.91. The van der Waals surface area contributed by atoms with Crippen LogP contribution >= 0.6 is 11.8 Å². The van der Waals surface area contributed by atoms with E-state index < -0.39 is 0 Å². The maximum absolute atomic E-state index is 12.2. The van der Waals surface area contributed by atoms with Crippen LogP contribution in [0.25, 0.3) is 0 Å². The molecule has 0 saturated heterocycles. The Balaban J connectivity index is 2.62. The van der Waals surface area contributed by atoms with Crippen molar-refractivity contribution < 1.29 is 14.3 Å². The summed E-state index contributed by atoms with van der Waals surface area (Å²) < 4.78 is 10.5. The van der Waals surface area contributed by atoms with Gasteiger partial charge in [-0.25, -0.2) is 0 Å². The van der Waals surface area contributed by atoms with Gasteiger partial charge in [0.2, 0.25) is 0 Å². The lowest BCUT2D eigenvalue weighted by Crippen LogP contribution is -2.40. The molecule has 0 fully saturated rings. The first kappa shape index (κ1) is 17.9. The summed E-state index contributed by atoms with van der Waals surface area (Å²) in [5.41, 5.74) is 5.28. The lowest BCUT2D eigenvalue weighted by atomic mass is 10.3. The number of nitrogens with two attached hydrogens (primary N) is 1. The normalized spacial score (nSPS) is 10.5. The van der Waals surface area contributed by atoms with E-state index >= 15 is 0 Å². The van der Waals surface area contributed by atoms with Crippen molar-refractivity contribution >= 4 is 23.5 Å². The molecule has 0 heterocycles. The van der Waals surface area contributed by atoms with Gasteiger partial charge in [0, 0.05) is 12.3 Å². The van der Waals surface area contributed by atoms with Crippen molar-refractivity contribution in [3.63, 3.8) is 0 Å². The van der Waals surface area contributed by atoms with Crippen LogP contribution in [0, 0.1) is 5.41 Å². The molecule has 22 heavy (non-hydrogen) atoms. The van der Waals surface area contributed by atoms with Gasteiger partial charge in [-0.2, -0.15) is 11.8 Å². The van der Waals surface area contributed by atoms with Crippen LogP contribution in [0.5, 0.6) is 11.5 Å². The van der Waals surface area contributed by atoms with Crippen molar-refractivity contribution in [3.8, 4) is 11.5 Å². The van der Waals surface area contributed by atoms with Gasteiger partial charge in [-0.05, 0) is 42.8 Å². The number of ether oxygens (including phenoxy) is 2. The Bertz CT molecular complexity index is 517. The van der Waals surface area contributed by atoms with Crippen LogP contribution in [0.15, 0.2) is 36.5 Å². The third-order valence-corrected chi connectivity index (χ3v) is 3.38. The van der Waals surface area contributed by atoms with Crippen LogP contribution in [0.3, 0.4) is 0 Å². The van der Waals surface area contributed by atoms with E-state index in [9.17, 15) is 4.79 Å². The van der Waals surface area contributed by atoms with Crippen LogP contribution in [-0.2, 0) is 4.79 Å². The van der Waals surface area contributed by atoms with E-state index in [1.807, 2.05) is 6.26 Å². The van der Waals surface area contributed by atoms with Gasteiger partial charge in [-0.1, -0.05) is 0 Å². The molecule has 3 N–H and O–H groups in total. The van der Waals surface area contributed by atoms with E-state index in [1.54, 1.807) is 43.1 Å². The minimum absolute atomic E-state index is 0.0554. The summed E-state index contributed by atoms with van der Waals surface area (Å²) in [5, 5.41) is 7.85. The van der Waals surface area contributed by atoms with Gasteiger partial charge in [-0.3, -0.25) is 15.1 Å². The summed E-state index contributed by atoms with van der Waals surface area (Å²) in [6.07, 6.45) is 4.57. The van der Waals surface area contributed by atoms with Crippen LogP contribution < -0.4 is 15.2 Å². The molecule has 0 unspecified atom stereocenters. The molecular formula is C15H21N3O3S. The first-order chi connectivity index (χ1) is 10.6. The molecule has 1 aromatic rings. The van der Waals surface area contributed by atoms with Gasteiger partial charge in [0.15, 0.2) is 6.61 Å². The molecule has 0 saturated carbocycles. The van der Waals surface area contributed by atoms with E-state index in [0.717, 1.165) is 11.5 Å². The Labute approximate surface area is 134 Å². The fraction of sp³-hybridized carbons (Fsp3) is 0.333. The summed E-state index contributed by atoms with van der Waals surface area (Å²) in [5.74, 6) is 1.79. The Hall–Kier alpha value is -2.15. The Morgan fingerprint density at radius 2 is 2.00 bits per heavy atom. The Morgan fingerprint density at radius 1 is 1.36 bits per heavy atom. The average Bonchev–Trinajstić information content (AvgIpc) is 2.54. The highest BCUT2D eigenvalue weighted by Gasteiger charge is 2.17. The number of rotatable bonds is 8. The average molecular weight is 323 g/mol. The number of nitrogens with one attached hydrogen (secondary N) is 1. The molecule has 6 nitrogen and oxygen atoms in total. The second-order valence-electron chi connectivity index (χ2n) is 4.25. The van der Waals surface area contributed by atoms with Crippen LogP contribution in [0.1, 0.15) is 0 Å². The monoisotopic (exact) mass is 323 g/mol. The lowest BCUT2D eigenvalue weighted by molar-refractivity contribution is -0.129. The quantitative estimate of drug-likeness (QED) is 0.562. The number of hydrogen-bond donors (Lipinski definition) is 2. The van der Waals surface area contributed by atoms with Gasteiger partial charge in [0.1, 0.15) is 17.3 Å². The molecule has 7 heteroatoms. The summed E-state index contributed by atoms with van der Waals surface area (Å²) in [7, 11) is 1.58. The number of benzene rings is 1. The third kappa shape index (κ3) is 5.69. The topological polar surface area (TPSA) is 88.6 Å². The van der Waals surface area contributed by atoms with E-state index in [0.29, 0.717) is 12.3 Å². The van der Waals surface area contributed by atoms with Crippen LogP contribution in [0.2, 0.25) is 0 Å². The first-order valence-electron chi connectivity index (χ1n) is 6.65. The van der Waals surface area contributed by atoms with Crippen molar-refractivity contribution in [2.24, 2.45) is 5.73 Å². The highest BCUT2D eigenvalue weighted by molar-refractivity contribution is 7.98. The van der Waals surface area contributed by atoms with E-state index in [-0.39, 0.29) is 18.3 Å². The minimum atomic E-state index is -0.284. The molecule has 120 valence electrons. The summed E-state index contributed by atoms with van der Waals surface area (Å²) >= 11 is 1.60. The maximum Gasteiger partial charge on any atom is 0.266 e. The van der Waals surface area contributed by atoms with Crippen molar-refractivity contribution in [3.05, 3.63) is 36.5 Å². The van der Waals surface area contributed by atoms with Gasteiger partial charge in [0.25, 0.3) is 5.91 Å². The number of nitrogens with zero attached hydrogens (tertiary/aromatic N) is 1. The predicted octanol–water partition coefficient (Wildman–Crippen LogP) is 1.72. The summed E-state index contributed by atoms with van der Waals surface area (Å²) in [6.45, 7) is 0.302. The fourth-order valence-electron chi connectivity index (χ4n) is 1.64. The van der Waals surface area contributed by atoms with Crippen molar-refractivity contribution in [1.29, 1.82) is 5.41 Å². The molecule has 0 bridgehead atoms. The van der Waals surface area contributed by atoms with Crippen molar-refractivity contribution in [2.75, 3.05) is 32.3 Å². The number of hydrogen-bond acceptors (Lipinski definition) is 6. The maximum atomic E-state index is 12.2. The zero-order chi connectivity index (χ0) is 16.4. The number of methoxy groups -OCH3 is 1. The zero-order valence-electron chi connectivity index (χ0n) is 12.7. The van der Waals surface area contributed by atoms with Crippen LogP contribution in [-0.4, -0.2) is 48.9 Å². The van der Waals surface area contributed by atoms with Gasteiger partial charge >= 0.3 is 0 Å². The lowest BCUT2D eigenvalue weighted by Gasteiger charge is -2.21. The third-order valence-electron chi connectivity index (χ3n) is 2.79. The number of carbonyl (C=O) groups is 1. The number of thioether (sulfide) groups is 1. The zero-order valence-corrected chi connectivity index (χ0v) is 13.6. The predicted molar refractivity (Wildman–Crippen MR) is 89.6 cm³/mol. The van der Waals surface area contributed by atoms with Gasteiger partial charge in [-0.15, -0.1) is 0 Å². The molecule has 0 aliphatic rings. The second kappa shape index (κ2) is 9.73. The largest absolute Gasteiger partial charge is 0.497 e. The molecule has 1 aromatic carbocycles. The number of carbonyl (C=O) groups excluding carboxylic acids is 1. The van der Waals surface area contributed by atoms with E-state index in [4.69, 9.17) is 20.6 Å². The smallest absolute Gasteiger partial charge is 0.266 e. The highest BCUT2D eigenvalue weighted by Crippen LogP contribution is 2.17. The Morgan fingerprint density at radius 3 is 2.55 bits per heavy atom. The standard InChI is InChI=1S/C15H21N3O3S/c1-20-12-3-5-13(6-4-12)21-11-15(19)18(9-10-22-2)14(17)7-8-16/h3-8,17H,9-11,16H2,1-2H3/b8-7-,17-14?. The van der Waals surface area contributed by atoms with E-state index in [1.165, 1.54) is 17.2 Å². The molecule has 0 radical (unpaired) electrons. The molecule has 0 aliphatic carbocycles. The summed E-state index contributed by atoms with van der Waals surface area (Å²) in [4.78, 5) is 13.6. The van der Waals surface area contributed by atoms with Crippen molar-refractivity contribution in [1.82, 2.24) is 4.90 Å². The fourth-order valence-corrected chi connectivity index (χ4v) is 2.00. The van der Waals surface area contributed by atoms with Gasteiger partial charge in [0.05, 0.1) is 7.11 Å². The molecule has 1 amide bonds. The number of amides is 1.